The smallest absolute Gasteiger partial charge is 0.310 e. The predicted octanol–water partition coefficient (Wildman–Crippen LogP) is 2.58. The monoisotopic (exact) mass is 232 g/mol. The molecule has 6 nitrogen and oxygen atoms in total. The van der Waals surface area contributed by atoms with Crippen LogP contribution in [0.1, 0.15) is 11.1 Å². The fraction of sp³-hybridized carbons (Fsp3) is 0.182. The maximum absolute atomic E-state index is 11.2. The molecule has 6 heteroatoms. The number of H-pyrrole nitrogens is 1. The van der Waals surface area contributed by atoms with Gasteiger partial charge >= 0.3 is 5.56 Å². The molecule has 2 aromatic rings. The molecule has 0 aliphatic carbocycles. The number of aryl methyl sites for hydroxylation is 2. The summed E-state index contributed by atoms with van der Waals surface area (Å²) in [5.41, 5.74) is 7.66. The van der Waals surface area contributed by atoms with Gasteiger partial charge in [-0.25, -0.2) is 0 Å². The number of nitrogen functional groups attached to an aromatic ring is 1. The predicted molar refractivity (Wildman–Crippen MR) is 63.8 cm³/mol. The molecule has 1 heterocycles. The van der Waals surface area contributed by atoms with Crippen molar-refractivity contribution in [2.75, 3.05) is 5.73 Å². The first-order chi connectivity index (χ1) is 8.08. The molecule has 88 valence electrons. The number of hydrogen-bond acceptors (Lipinski definition) is 5. The van der Waals surface area contributed by atoms with E-state index in [9.17, 15) is 4.79 Å². The topological polar surface area (TPSA) is 96.7 Å². The highest BCUT2D eigenvalue weighted by Crippen LogP contribution is 2.23. The summed E-state index contributed by atoms with van der Waals surface area (Å²) in [7, 11) is 0. The number of nitrogens with two attached hydrogens (primary N) is 1. The molecule has 2 rings (SSSR count). The van der Waals surface area contributed by atoms with E-state index >= 15 is 0 Å². The van der Waals surface area contributed by atoms with E-state index in [-0.39, 0.29) is 11.6 Å². The lowest BCUT2D eigenvalue weighted by Crippen LogP contribution is -1.96. The molecule has 3 N–H and O–H groups in total. The molecule has 0 bridgehead atoms. The van der Waals surface area contributed by atoms with Gasteiger partial charge in [0.2, 0.25) is 5.69 Å². The Kier molecular flexibility index (Phi) is 2.78. The standard InChI is InChI=1S/C11H12N4O2/c1-6-3-4-7(2)8(5-6)13-14-9-10(12)17-15-11(9)16/h3-5H,12H2,1-2H3,(H,15,16). The minimum atomic E-state index is -0.489. The lowest BCUT2D eigenvalue weighted by Gasteiger charge is -1.99. The van der Waals surface area contributed by atoms with Crippen LogP contribution in [-0.4, -0.2) is 5.16 Å². The largest absolute Gasteiger partial charge is 0.366 e. The number of anilines is 1. The molecule has 0 unspecified atom stereocenters. The van der Waals surface area contributed by atoms with Crippen LogP contribution in [-0.2, 0) is 0 Å². The summed E-state index contributed by atoms with van der Waals surface area (Å²) in [5.74, 6) is -0.0657. The molecule has 17 heavy (non-hydrogen) atoms. The van der Waals surface area contributed by atoms with Gasteiger partial charge in [-0.2, -0.15) is 5.16 Å². The van der Waals surface area contributed by atoms with Crippen LogP contribution in [0.4, 0.5) is 17.3 Å². The lowest BCUT2D eigenvalue weighted by molar-refractivity contribution is 0.430. The molecule has 1 aromatic heterocycles. The fourth-order valence-corrected chi connectivity index (χ4v) is 1.34. The Bertz CT molecular complexity index is 625. The van der Waals surface area contributed by atoms with E-state index in [0.717, 1.165) is 11.1 Å². The summed E-state index contributed by atoms with van der Waals surface area (Å²) in [4.78, 5) is 11.2. The van der Waals surface area contributed by atoms with Crippen LogP contribution >= 0.6 is 0 Å². The van der Waals surface area contributed by atoms with Gasteiger partial charge < -0.3 is 10.3 Å². The summed E-state index contributed by atoms with van der Waals surface area (Å²) >= 11 is 0. The lowest BCUT2D eigenvalue weighted by atomic mass is 10.1. The zero-order valence-electron chi connectivity index (χ0n) is 9.52. The van der Waals surface area contributed by atoms with Gasteiger partial charge in [-0.1, -0.05) is 12.1 Å². The summed E-state index contributed by atoms with van der Waals surface area (Å²) in [6, 6.07) is 5.79. The zero-order valence-corrected chi connectivity index (χ0v) is 9.52. The Labute approximate surface area is 97.1 Å². The van der Waals surface area contributed by atoms with E-state index in [1.807, 2.05) is 32.0 Å². The van der Waals surface area contributed by atoms with Gasteiger partial charge in [0.15, 0.2) is 0 Å². The zero-order chi connectivity index (χ0) is 12.4. The Morgan fingerprint density at radius 1 is 1.29 bits per heavy atom. The average molecular weight is 232 g/mol. The van der Waals surface area contributed by atoms with Crippen molar-refractivity contribution in [3.05, 3.63) is 39.7 Å². The number of rotatable bonds is 2. The van der Waals surface area contributed by atoms with Crippen molar-refractivity contribution in [2.45, 2.75) is 13.8 Å². The van der Waals surface area contributed by atoms with E-state index in [2.05, 4.69) is 19.9 Å². The van der Waals surface area contributed by atoms with E-state index in [4.69, 9.17) is 5.73 Å². The SMILES string of the molecule is Cc1ccc(C)c(N=Nc2c(N)o[nH]c2=O)c1. The van der Waals surface area contributed by atoms with E-state index < -0.39 is 5.56 Å². The van der Waals surface area contributed by atoms with Crippen LogP contribution in [0, 0.1) is 13.8 Å². The second-order valence-corrected chi connectivity index (χ2v) is 3.74. The third-order valence-electron chi connectivity index (χ3n) is 2.32. The van der Waals surface area contributed by atoms with Gasteiger partial charge in [-0.15, -0.1) is 10.2 Å². The first kappa shape index (κ1) is 11.1. The van der Waals surface area contributed by atoms with Crippen molar-refractivity contribution in [3.8, 4) is 0 Å². The average Bonchev–Trinajstić information content (AvgIpc) is 2.61. The van der Waals surface area contributed by atoms with E-state index in [0.29, 0.717) is 5.69 Å². The van der Waals surface area contributed by atoms with E-state index in [1.54, 1.807) is 0 Å². The fourth-order valence-electron chi connectivity index (χ4n) is 1.34. The summed E-state index contributed by atoms with van der Waals surface area (Å²) in [6.45, 7) is 3.87. The van der Waals surface area contributed by atoms with Gasteiger partial charge in [0, 0.05) is 0 Å². The normalized spacial score (nSPS) is 11.2. The van der Waals surface area contributed by atoms with Crippen molar-refractivity contribution in [1.29, 1.82) is 0 Å². The summed E-state index contributed by atoms with van der Waals surface area (Å²) in [5, 5.41) is 9.89. The summed E-state index contributed by atoms with van der Waals surface area (Å²) < 4.78 is 4.62. The Balaban J connectivity index is 2.39. The maximum Gasteiger partial charge on any atom is 0.310 e. The third-order valence-corrected chi connectivity index (χ3v) is 2.32. The molecule has 0 saturated carbocycles. The molecule has 0 amide bonds. The van der Waals surface area contributed by atoms with E-state index in [1.165, 1.54) is 0 Å². The highest BCUT2D eigenvalue weighted by Gasteiger charge is 2.08. The number of nitrogens with one attached hydrogen (secondary N) is 1. The molecule has 0 aliphatic heterocycles. The Morgan fingerprint density at radius 2 is 2.06 bits per heavy atom. The van der Waals surface area contributed by atoms with Gasteiger partial charge in [0.25, 0.3) is 5.88 Å². The van der Waals surface area contributed by atoms with Crippen molar-refractivity contribution in [1.82, 2.24) is 5.16 Å². The minimum absolute atomic E-state index is 0.00842. The first-order valence-corrected chi connectivity index (χ1v) is 5.04. The van der Waals surface area contributed by atoms with Crippen molar-refractivity contribution >= 4 is 17.3 Å². The third kappa shape index (κ3) is 2.25. The molecule has 0 fully saturated rings. The van der Waals surface area contributed by atoms with Gasteiger partial charge in [0.1, 0.15) is 0 Å². The number of hydrogen-bond donors (Lipinski definition) is 2. The highest BCUT2D eigenvalue weighted by atomic mass is 16.5. The van der Waals surface area contributed by atoms with Crippen LogP contribution in [0.15, 0.2) is 37.7 Å². The molecule has 0 spiro atoms. The number of azo groups is 1. The molecular formula is C11H12N4O2. The molecule has 0 aliphatic rings. The highest BCUT2D eigenvalue weighted by molar-refractivity contribution is 5.53. The van der Waals surface area contributed by atoms with Gasteiger partial charge in [-0.3, -0.25) is 4.79 Å². The second kappa shape index (κ2) is 4.25. The Morgan fingerprint density at radius 3 is 2.71 bits per heavy atom. The van der Waals surface area contributed by atoms with Crippen LogP contribution < -0.4 is 11.3 Å². The molecule has 0 saturated heterocycles. The molecule has 1 aromatic carbocycles. The van der Waals surface area contributed by atoms with Crippen molar-refractivity contribution < 1.29 is 4.52 Å². The van der Waals surface area contributed by atoms with Crippen LogP contribution in [0.2, 0.25) is 0 Å². The number of benzene rings is 1. The number of nitrogens with zero attached hydrogens (tertiary/aromatic N) is 2. The van der Waals surface area contributed by atoms with Crippen LogP contribution in [0.25, 0.3) is 0 Å². The van der Waals surface area contributed by atoms with Crippen molar-refractivity contribution in [2.24, 2.45) is 10.2 Å². The van der Waals surface area contributed by atoms with Gasteiger partial charge in [-0.05, 0) is 31.0 Å². The number of aromatic amines is 1. The number of aromatic nitrogens is 1. The quantitative estimate of drug-likeness (QED) is 0.778. The second-order valence-electron chi connectivity index (χ2n) is 3.74. The van der Waals surface area contributed by atoms with Gasteiger partial charge in [0.05, 0.1) is 5.69 Å². The maximum atomic E-state index is 11.2. The molecule has 0 atom stereocenters. The van der Waals surface area contributed by atoms with Crippen LogP contribution in [0.3, 0.4) is 0 Å². The summed E-state index contributed by atoms with van der Waals surface area (Å²) in [6.07, 6.45) is 0. The first-order valence-electron chi connectivity index (χ1n) is 5.04. The molecule has 0 radical (unpaired) electrons. The van der Waals surface area contributed by atoms with Crippen molar-refractivity contribution in [3.63, 3.8) is 0 Å². The Hall–Kier alpha value is -2.37. The minimum Gasteiger partial charge on any atom is -0.366 e. The van der Waals surface area contributed by atoms with Crippen LogP contribution in [0.5, 0.6) is 0 Å². The molecular weight excluding hydrogens is 220 g/mol.